The van der Waals surface area contributed by atoms with Gasteiger partial charge in [0.05, 0.1) is 0 Å². The summed E-state index contributed by atoms with van der Waals surface area (Å²) in [5.74, 6) is -5.62. The molecule has 0 nitrogen and oxygen atoms in total. The van der Waals surface area contributed by atoms with E-state index in [4.69, 9.17) is 0 Å². The summed E-state index contributed by atoms with van der Waals surface area (Å²) in [5, 5.41) is 0. The lowest BCUT2D eigenvalue weighted by Gasteiger charge is -2.29. The monoisotopic (exact) mass is 284 g/mol. The molecular formula is C3HCl3F6Si. The molecule has 0 unspecified atom stereocenters. The molecule has 13 heavy (non-hydrogen) atoms. The van der Waals surface area contributed by atoms with Gasteiger partial charge in [-0.25, -0.2) is 8.78 Å². The van der Waals surface area contributed by atoms with E-state index in [1.165, 1.54) is 0 Å². The highest BCUT2D eigenvalue weighted by Gasteiger charge is 2.74. The Labute approximate surface area is 83.9 Å². The summed E-state index contributed by atoms with van der Waals surface area (Å²) in [6, 6.07) is -5.23. The number of hydrogen-bond acceptors (Lipinski definition) is 0. The van der Waals surface area contributed by atoms with Gasteiger partial charge in [0.2, 0.25) is 0 Å². The minimum Gasteiger partial charge on any atom is -0.203 e. The minimum atomic E-state index is -5.62. The van der Waals surface area contributed by atoms with Crippen molar-refractivity contribution in [2.75, 3.05) is 0 Å². The van der Waals surface area contributed by atoms with Gasteiger partial charge in [-0.3, -0.25) is 0 Å². The summed E-state index contributed by atoms with van der Waals surface area (Å²) in [7, 11) is 0. The van der Waals surface area contributed by atoms with E-state index in [1.54, 1.807) is 0 Å². The number of rotatable bonds is 3. The van der Waals surface area contributed by atoms with Gasteiger partial charge >= 0.3 is 23.9 Å². The van der Waals surface area contributed by atoms with E-state index in [1.807, 2.05) is 0 Å². The van der Waals surface area contributed by atoms with Gasteiger partial charge in [0.15, 0.2) is 0 Å². The second kappa shape index (κ2) is 3.67. The fraction of sp³-hybridized carbons (Fsp3) is 1.00. The molecule has 0 radical (unpaired) electrons. The summed E-state index contributed by atoms with van der Waals surface area (Å²) < 4.78 is 71.9. The van der Waals surface area contributed by atoms with Gasteiger partial charge in [-0.1, -0.05) is 0 Å². The van der Waals surface area contributed by atoms with Gasteiger partial charge in [-0.2, -0.15) is 17.6 Å². The molecule has 0 rings (SSSR count). The first-order valence-electron chi connectivity index (χ1n) is 2.55. The molecule has 0 atom stereocenters. The molecule has 0 saturated heterocycles. The SMILES string of the molecule is FC(F)C(F)(F)C(F)(F)[Si](Cl)(Cl)Cl. The highest BCUT2D eigenvalue weighted by molar-refractivity contribution is 7.65. The normalized spacial score (nSPS) is 15.2. The predicted octanol–water partition coefficient (Wildman–Crippen LogP) is 3.72. The van der Waals surface area contributed by atoms with Crippen LogP contribution in [0.2, 0.25) is 0 Å². The van der Waals surface area contributed by atoms with E-state index in [2.05, 4.69) is 33.2 Å². The predicted molar refractivity (Wildman–Crippen MR) is 39.2 cm³/mol. The molecule has 0 fully saturated rings. The highest BCUT2D eigenvalue weighted by Crippen LogP contribution is 2.49. The van der Waals surface area contributed by atoms with Crippen LogP contribution in [0, 0.1) is 0 Å². The summed E-state index contributed by atoms with van der Waals surface area (Å²) in [6.45, 7) is 0. The number of hydrogen-bond donors (Lipinski definition) is 0. The van der Waals surface area contributed by atoms with Crippen LogP contribution >= 0.6 is 33.2 Å². The summed E-state index contributed by atoms with van der Waals surface area (Å²) >= 11 is 13.7. The van der Waals surface area contributed by atoms with Crippen molar-refractivity contribution in [2.45, 2.75) is 17.9 Å². The minimum absolute atomic E-state index is 4.56. The van der Waals surface area contributed by atoms with E-state index in [0.29, 0.717) is 0 Å². The van der Waals surface area contributed by atoms with E-state index in [-0.39, 0.29) is 0 Å². The second-order valence-electron chi connectivity index (χ2n) is 2.00. The maximum absolute atomic E-state index is 12.4. The average Bonchev–Trinajstić information content (AvgIpc) is 1.84. The molecule has 0 aliphatic heterocycles. The van der Waals surface area contributed by atoms with Crippen molar-refractivity contribution in [1.82, 2.24) is 0 Å². The lowest BCUT2D eigenvalue weighted by molar-refractivity contribution is -0.228. The van der Waals surface area contributed by atoms with Crippen molar-refractivity contribution in [3.8, 4) is 0 Å². The fourth-order valence-electron chi connectivity index (χ4n) is 0.326. The van der Waals surface area contributed by atoms with E-state index in [9.17, 15) is 26.3 Å². The van der Waals surface area contributed by atoms with Gasteiger partial charge in [0.1, 0.15) is 0 Å². The zero-order chi connectivity index (χ0) is 11.1. The van der Waals surface area contributed by atoms with E-state index >= 15 is 0 Å². The third-order valence-electron chi connectivity index (χ3n) is 1.05. The lowest BCUT2D eigenvalue weighted by Crippen LogP contribution is -2.57. The van der Waals surface area contributed by atoms with Crippen molar-refractivity contribution in [1.29, 1.82) is 0 Å². The average molecular weight is 285 g/mol. The Kier molecular flexibility index (Phi) is 3.86. The van der Waals surface area contributed by atoms with Gasteiger partial charge in [0, 0.05) is 0 Å². The second-order valence-corrected chi connectivity index (χ2v) is 10.5. The number of alkyl halides is 6. The molecule has 0 saturated carbocycles. The maximum Gasteiger partial charge on any atom is 0.424 e. The van der Waals surface area contributed by atoms with Gasteiger partial charge in [-0.15, -0.1) is 33.2 Å². The molecule has 0 aliphatic rings. The molecule has 0 bridgehead atoms. The lowest BCUT2D eigenvalue weighted by atomic mass is 10.4. The standard InChI is InChI=1S/C3HCl3F6Si/c4-13(5,6)3(11,12)2(9,10)1(7)8/h1H. The number of halogens is 9. The molecule has 0 heterocycles. The van der Waals surface area contributed by atoms with Crippen molar-refractivity contribution < 1.29 is 26.3 Å². The van der Waals surface area contributed by atoms with Crippen LogP contribution in [0.25, 0.3) is 0 Å². The Bertz CT molecular complexity index is 188. The molecule has 10 heteroatoms. The van der Waals surface area contributed by atoms with Crippen molar-refractivity contribution in [3.63, 3.8) is 0 Å². The van der Waals surface area contributed by atoms with Crippen LogP contribution in [0.15, 0.2) is 0 Å². The zero-order valence-corrected chi connectivity index (χ0v) is 8.75. The quantitative estimate of drug-likeness (QED) is 0.421. The Morgan fingerprint density at radius 2 is 1.23 bits per heavy atom. The molecule has 0 amide bonds. The molecule has 0 aromatic carbocycles. The van der Waals surface area contributed by atoms with Crippen LogP contribution in [0.1, 0.15) is 0 Å². The molecule has 0 aromatic heterocycles. The molecule has 0 aliphatic carbocycles. The first-order valence-corrected chi connectivity index (χ1v) is 7.58. The van der Waals surface area contributed by atoms with Crippen LogP contribution in [-0.4, -0.2) is 23.9 Å². The van der Waals surface area contributed by atoms with Crippen LogP contribution in [-0.2, 0) is 0 Å². The highest BCUT2D eigenvalue weighted by atomic mass is 35.8. The molecule has 0 aromatic rings. The van der Waals surface area contributed by atoms with Crippen LogP contribution in [0.5, 0.6) is 0 Å². The summed E-state index contributed by atoms with van der Waals surface area (Å²) in [6.07, 6.45) is -4.58. The zero-order valence-electron chi connectivity index (χ0n) is 5.48. The van der Waals surface area contributed by atoms with Crippen LogP contribution in [0.3, 0.4) is 0 Å². The molecular weight excluding hydrogens is 284 g/mol. The van der Waals surface area contributed by atoms with Crippen molar-refractivity contribution in [2.24, 2.45) is 0 Å². The Balaban J connectivity index is 5.04. The Morgan fingerprint density at radius 1 is 0.923 bits per heavy atom. The first kappa shape index (κ1) is 13.7. The van der Waals surface area contributed by atoms with Crippen LogP contribution < -0.4 is 0 Å². The molecule has 80 valence electrons. The first-order chi connectivity index (χ1) is 5.44. The fourth-order valence-corrected chi connectivity index (χ4v) is 1.95. The third kappa shape index (κ3) is 2.37. The van der Waals surface area contributed by atoms with Gasteiger partial charge in [-0.05, 0) is 0 Å². The van der Waals surface area contributed by atoms with Crippen molar-refractivity contribution in [3.05, 3.63) is 0 Å². The van der Waals surface area contributed by atoms with Crippen LogP contribution in [0.4, 0.5) is 26.3 Å². The maximum atomic E-state index is 12.4. The smallest absolute Gasteiger partial charge is 0.203 e. The van der Waals surface area contributed by atoms with Gasteiger partial charge < -0.3 is 0 Å². The van der Waals surface area contributed by atoms with Gasteiger partial charge in [0.25, 0.3) is 0 Å². The van der Waals surface area contributed by atoms with E-state index < -0.39 is 23.9 Å². The Hall–Kier alpha value is 0.667. The van der Waals surface area contributed by atoms with E-state index in [0.717, 1.165) is 0 Å². The topological polar surface area (TPSA) is 0 Å². The Morgan fingerprint density at radius 3 is 1.31 bits per heavy atom. The summed E-state index contributed by atoms with van der Waals surface area (Å²) in [5.41, 5.74) is -5.29. The largest absolute Gasteiger partial charge is 0.424 e. The third-order valence-corrected chi connectivity index (χ3v) is 4.23. The van der Waals surface area contributed by atoms with Crippen molar-refractivity contribution >= 4 is 39.2 Å². The summed E-state index contributed by atoms with van der Waals surface area (Å²) in [4.78, 5) is 0. The molecule has 0 N–H and O–H groups in total. The molecule has 0 spiro atoms.